The van der Waals surface area contributed by atoms with Crippen molar-refractivity contribution in [2.45, 2.75) is 69.5 Å². The lowest BCUT2D eigenvalue weighted by Gasteiger charge is -2.38. The van der Waals surface area contributed by atoms with Crippen LogP contribution in [0.5, 0.6) is 0 Å². The monoisotopic (exact) mass is 720 g/mol. The van der Waals surface area contributed by atoms with Crippen LogP contribution >= 0.6 is 15.0 Å². The van der Waals surface area contributed by atoms with Crippen molar-refractivity contribution in [2.24, 2.45) is 34.0 Å². The van der Waals surface area contributed by atoms with Gasteiger partial charge in [-0.05, 0) is 19.1 Å². The van der Waals surface area contributed by atoms with Crippen LogP contribution in [0.25, 0.3) is 0 Å². The molecule has 0 amide bonds. The average Bonchev–Trinajstić information content (AvgIpc) is 2.98. The first-order valence-electron chi connectivity index (χ1n) is 13.6. The Labute approximate surface area is 270 Å². The van der Waals surface area contributed by atoms with E-state index in [0.717, 1.165) is 18.8 Å². The van der Waals surface area contributed by atoms with Gasteiger partial charge in [0.1, 0.15) is 36.6 Å². The van der Waals surface area contributed by atoms with Crippen molar-refractivity contribution in [3.8, 4) is 0 Å². The first kappa shape index (κ1) is 46.3. The van der Waals surface area contributed by atoms with Crippen molar-refractivity contribution < 1.29 is 73.1 Å². The minimum absolute atomic E-state index is 0.00571. The van der Waals surface area contributed by atoms with E-state index < -0.39 is 88.7 Å². The van der Waals surface area contributed by atoms with E-state index in [9.17, 15) is 39.3 Å². The maximum atomic E-state index is 11.9. The molecule has 272 valence electrons. The highest BCUT2D eigenvalue weighted by atomic mass is 31.2. The molecule has 0 radical (unpaired) electrons. The van der Waals surface area contributed by atoms with Crippen LogP contribution < -0.4 is 17.2 Å². The lowest BCUT2D eigenvalue weighted by Crippen LogP contribution is -2.50. The van der Waals surface area contributed by atoms with Gasteiger partial charge < -0.3 is 71.6 Å². The Kier molecular flexibility index (Phi) is 21.6. The number of nitrogens with two attached hydrogens (primary N) is 3. The number of aliphatic hydroxyl groups excluding tert-OH is 6. The van der Waals surface area contributed by atoms with E-state index in [1.807, 2.05) is 0 Å². The number of rotatable bonds is 11. The zero-order chi connectivity index (χ0) is 37.3. The number of isocyanates is 2. The van der Waals surface area contributed by atoms with Gasteiger partial charge in [-0.3, -0.25) is 9.13 Å². The summed E-state index contributed by atoms with van der Waals surface area (Å²) in [5, 5.41) is 67.5. The Morgan fingerprint density at radius 2 is 1.34 bits per heavy atom. The van der Waals surface area contributed by atoms with Gasteiger partial charge in [-0.1, -0.05) is 13.8 Å². The number of hydrogen-bond donors (Lipinski definition) is 13. The van der Waals surface area contributed by atoms with Gasteiger partial charge in [0.25, 0.3) is 7.37 Å². The molecule has 0 aromatic rings. The van der Waals surface area contributed by atoms with Crippen LogP contribution in [-0.2, 0) is 32.7 Å². The predicted octanol–water partition coefficient (Wildman–Crippen LogP) is -2.95. The number of aliphatic imine (C=N–C) groups is 1. The van der Waals surface area contributed by atoms with Crippen LogP contribution in [0.3, 0.4) is 0 Å². The van der Waals surface area contributed by atoms with Crippen LogP contribution in [-0.4, -0.2) is 134 Å². The van der Waals surface area contributed by atoms with Gasteiger partial charge in [0.2, 0.25) is 17.7 Å². The Morgan fingerprint density at radius 3 is 1.70 bits per heavy atom. The molecule has 2 unspecified atom stereocenters. The second kappa shape index (κ2) is 21.9. The highest BCUT2D eigenvalue weighted by Gasteiger charge is 2.43. The van der Waals surface area contributed by atoms with Gasteiger partial charge in [-0.2, -0.15) is 0 Å². The third kappa shape index (κ3) is 15.3. The number of hydrogen-bond acceptors (Lipinski definition) is 17. The second-order valence-electron chi connectivity index (χ2n) is 10.0. The maximum Gasteiger partial charge on any atom is 0.392 e. The summed E-state index contributed by atoms with van der Waals surface area (Å²) in [5.74, 6) is -1.13. The number of ether oxygens (including phenoxy) is 2. The van der Waals surface area contributed by atoms with E-state index in [0.29, 0.717) is 0 Å². The SMILES string of the molecule is CCOP(=O)(O)C1=C[C@H](N)[C@@H](C)[C@H]([C@H](O)[C@H](O)CO)O1.C[C@H]1[C@H]([C@H](O)[C@H](O)CO)OC(P(C)(=O)O)=C[C@@H]1N=C(N)N.N=C=O.N=C=O. The van der Waals surface area contributed by atoms with Crippen molar-refractivity contribution in [1.82, 2.24) is 0 Å². The van der Waals surface area contributed by atoms with Crippen molar-refractivity contribution >= 4 is 33.1 Å². The molecule has 0 saturated heterocycles. The molecule has 2 aliphatic heterocycles. The van der Waals surface area contributed by atoms with Crippen molar-refractivity contribution in [1.29, 1.82) is 10.8 Å². The molecule has 16 N–H and O–H groups in total. The third-order valence-electron chi connectivity index (χ3n) is 6.47. The minimum Gasteiger partial charge on any atom is -0.481 e. The van der Waals surface area contributed by atoms with Crippen LogP contribution in [0.1, 0.15) is 20.8 Å². The fourth-order valence-electron chi connectivity index (χ4n) is 3.98. The third-order valence-corrected chi connectivity index (χ3v) is 8.96. The first-order chi connectivity index (χ1) is 21.6. The lowest BCUT2D eigenvalue weighted by molar-refractivity contribution is -0.106. The van der Waals surface area contributed by atoms with E-state index in [-0.39, 0.29) is 23.6 Å². The van der Waals surface area contributed by atoms with Gasteiger partial charge in [0.05, 0.1) is 25.9 Å². The molecule has 0 aromatic heterocycles. The average molecular weight is 721 g/mol. The van der Waals surface area contributed by atoms with Crippen LogP contribution in [0.15, 0.2) is 28.1 Å². The van der Waals surface area contributed by atoms with Crippen LogP contribution in [0.2, 0.25) is 0 Å². The molecular formula is C24H46N6O15P2. The minimum atomic E-state index is -4.14. The maximum absolute atomic E-state index is 11.9. The quantitative estimate of drug-likeness (QED) is 0.0439. The molecule has 2 rings (SSSR count). The molecule has 0 aliphatic carbocycles. The summed E-state index contributed by atoms with van der Waals surface area (Å²) >= 11 is 0. The lowest BCUT2D eigenvalue weighted by atomic mass is 9.89. The smallest absolute Gasteiger partial charge is 0.392 e. The summed E-state index contributed by atoms with van der Waals surface area (Å²) < 4.78 is 39.1. The summed E-state index contributed by atoms with van der Waals surface area (Å²) in [4.78, 5) is 40.0. The van der Waals surface area contributed by atoms with Crippen molar-refractivity contribution in [2.75, 3.05) is 26.5 Å². The summed E-state index contributed by atoms with van der Waals surface area (Å²) in [6, 6.07) is -1.34. The predicted molar refractivity (Wildman–Crippen MR) is 164 cm³/mol. The molecular weight excluding hydrogens is 674 g/mol. The molecule has 0 saturated carbocycles. The Hall–Kier alpha value is -2.83. The molecule has 0 bridgehead atoms. The Morgan fingerprint density at radius 1 is 0.936 bits per heavy atom. The molecule has 0 aromatic carbocycles. The molecule has 2 heterocycles. The topological polar surface area (TPSA) is 396 Å². The van der Waals surface area contributed by atoms with E-state index in [1.54, 1.807) is 20.8 Å². The highest BCUT2D eigenvalue weighted by molar-refractivity contribution is 7.61. The van der Waals surface area contributed by atoms with E-state index in [4.69, 9.17) is 61.8 Å². The van der Waals surface area contributed by atoms with E-state index in [2.05, 4.69) is 4.99 Å². The molecule has 47 heavy (non-hydrogen) atoms. The van der Waals surface area contributed by atoms with Gasteiger partial charge >= 0.3 is 7.60 Å². The summed E-state index contributed by atoms with van der Waals surface area (Å²) in [5.41, 5.74) is 15.9. The van der Waals surface area contributed by atoms with E-state index >= 15 is 0 Å². The highest BCUT2D eigenvalue weighted by Crippen LogP contribution is 2.53. The summed E-state index contributed by atoms with van der Waals surface area (Å²) in [7, 11) is -7.88. The molecule has 12 atom stereocenters. The number of nitrogens with one attached hydrogen (secondary N) is 2. The molecule has 2 aliphatic rings. The Bertz CT molecular complexity index is 1200. The second-order valence-corrected chi connectivity index (χ2v) is 14.0. The number of nitrogens with zero attached hydrogens (tertiary/aromatic N) is 1. The molecule has 0 spiro atoms. The van der Waals surface area contributed by atoms with Gasteiger partial charge in [0, 0.05) is 24.5 Å². The van der Waals surface area contributed by atoms with Crippen LogP contribution in [0, 0.1) is 22.7 Å². The fraction of sp³-hybridized carbons (Fsp3) is 0.708. The fourth-order valence-corrected chi connectivity index (χ4v) is 5.82. The molecule has 23 heteroatoms. The normalized spacial score (nSPS) is 28.3. The van der Waals surface area contributed by atoms with Crippen molar-refractivity contribution in [3.63, 3.8) is 0 Å². The Balaban J connectivity index is 0. The van der Waals surface area contributed by atoms with Gasteiger partial charge in [0.15, 0.2) is 11.5 Å². The standard InChI is InChI=1S/C11H22N3O6P.C11H22NO7P.2CHNO/c1-5-6(14-11(12)13)3-8(21(2,18)19)20-10(5)9(17)7(16)4-15;1-3-18-20(16,17)9-4-7(12)6(2)11(19-9)10(15)8(14)5-13;2*2-1-3/h3,5-7,9-10,15-17H,4H2,1-2H3,(H,18,19)(H4,12,13,14);4,6-8,10-11,13-15H,3,5,12H2,1-2H3,(H,16,17);2*2H/t5-,6+,7-,9-,10-;6-,7+,8-,10-,11-;;/m11../s1. The first-order valence-corrected chi connectivity index (χ1v) is 17.2. The van der Waals surface area contributed by atoms with Gasteiger partial charge in [-0.15, -0.1) is 0 Å². The zero-order valence-corrected chi connectivity index (χ0v) is 27.8. The van der Waals surface area contributed by atoms with Gasteiger partial charge in [-0.25, -0.2) is 25.4 Å². The number of aliphatic hydroxyl groups is 6. The largest absolute Gasteiger partial charge is 0.481 e. The van der Waals surface area contributed by atoms with Crippen LogP contribution in [0.4, 0.5) is 0 Å². The number of carbonyl (C=O) groups excluding carboxylic acids is 2. The summed E-state index contributed by atoms with van der Waals surface area (Å²) in [6.45, 7) is 4.61. The van der Waals surface area contributed by atoms with Crippen molar-refractivity contribution in [3.05, 3.63) is 23.2 Å². The molecule has 21 nitrogen and oxygen atoms in total. The zero-order valence-electron chi connectivity index (χ0n) is 26.1. The van der Waals surface area contributed by atoms with E-state index in [1.165, 1.54) is 12.2 Å². The summed E-state index contributed by atoms with van der Waals surface area (Å²) in [6.07, 6.45) is -3.75. The number of guanidine groups is 1. The molecule has 0 fully saturated rings.